The molecule has 1 aliphatic carbocycles. The Labute approximate surface area is 205 Å². The zero-order chi connectivity index (χ0) is 25.7. The maximum absolute atomic E-state index is 12.7. The summed E-state index contributed by atoms with van der Waals surface area (Å²) in [4.78, 5) is 47.7. The standard InChI is InChI=1S/C25H33ClO8/c1-5-6-7-8-9-10-14-25(31)16-20(26)24(30)19(25)15-22(34-18(3)28)21(33-17(2)27)12-11-13-23(29)32-4/h6-7,9-10,15-16,21-22,31H,5,8,11-14H2,1-4H3/b7-6+,10-9+,19-15+. The van der Waals surface area contributed by atoms with E-state index in [1.54, 1.807) is 6.08 Å². The van der Waals surface area contributed by atoms with E-state index < -0.39 is 41.5 Å². The normalized spacial score (nSPS) is 21.1. The summed E-state index contributed by atoms with van der Waals surface area (Å²) in [5.41, 5.74) is -1.80. The average Bonchev–Trinajstić information content (AvgIpc) is 2.97. The van der Waals surface area contributed by atoms with Crippen LogP contribution in [0.1, 0.15) is 59.3 Å². The number of halogens is 1. The molecule has 188 valence electrons. The number of carbonyl (C=O) groups is 4. The van der Waals surface area contributed by atoms with Gasteiger partial charge in [0, 0.05) is 32.3 Å². The molecule has 1 aliphatic rings. The van der Waals surface area contributed by atoms with Crippen molar-refractivity contribution in [3.63, 3.8) is 0 Å². The molecule has 34 heavy (non-hydrogen) atoms. The number of ether oxygens (including phenoxy) is 3. The van der Waals surface area contributed by atoms with Crippen molar-refractivity contribution < 1.29 is 38.5 Å². The summed E-state index contributed by atoms with van der Waals surface area (Å²) in [7, 11) is 1.26. The van der Waals surface area contributed by atoms with Crippen LogP contribution in [0, 0.1) is 0 Å². The first-order valence-electron chi connectivity index (χ1n) is 11.1. The lowest BCUT2D eigenvalue weighted by molar-refractivity contribution is -0.162. The van der Waals surface area contributed by atoms with Crippen molar-refractivity contribution >= 4 is 35.3 Å². The number of rotatable bonds is 13. The molecule has 0 saturated carbocycles. The van der Waals surface area contributed by atoms with Crippen LogP contribution in [0.25, 0.3) is 0 Å². The van der Waals surface area contributed by atoms with Gasteiger partial charge < -0.3 is 19.3 Å². The number of hydrogen-bond donors (Lipinski definition) is 1. The van der Waals surface area contributed by atoms with Gasteiger partial charge in [-0.1, -0.05) is 42.8 Å². The second-order valence-corrected chi connectivity index (χ2v) is 8.21. The Morgan fingerprint density at radius 3 is 2.35 bits per heavy atom. The SMILES string of the molecule is CC/C=C/C/C=C/CC1(O)C=C(Cl)C(=O)/C1=C\C(OC(C)=O)C(CCCC(=O)OC)OC(C)=O. The Morgan fingerprint density at radius 1 is 1.12 bits per heavy atom. The molecule has 3 unspecified atom stereocenters. The summed E-state index contributed by atoms with van der Waals surface area (Å²) in [6, 6.07) is 0. The smallest absolute Gasteiger partial charge is 0.305 e. The van der Waals surface area contributed by atoms with Gasteiger partial charge in [0.15, 0.2) is 6.10 Å². The van der Waals surface area contributed by atoms with Crippen molar-refractivity contribution in [2.75, 3.05) is 7.11 Å². The van der Waals surface area contributed by atoms with Crippen molar-refractivity contribution in [3.8, 4) is 0 Å². The second-order valence-electron chi connectivity index (χ2n) is 7.81. The van der Waals surface area contributed by atoms with Gasteiger partial charge in [-0.25, -0.2) is 0 Å². The fourth-order valence-corrected chi connectivity index (χ4v) is 3.68. The number of methoxy groups -OCH3 is 1. The molecule has 0 saturated heterocycles. The third-order valence-corrected chi connectivity index (χ3v) is 5.26. The molecule has 1 N–H and O–H groups in total. The Kier molecular flexibility index (Phi) is 12.5. The summed E-state index contributed by atoms with van der Waals surface area (Å²) in [5, 5.41) is 11.0. The molecule has 0 radical (unpaired) electrons. The highest BCUT2D eigenvalue weighted by atomic mass is 35.5. The third-order valence-electron chi connectivity index (χ3n) is 4.98. The second kappa shape index (κ2) is 14.5. The number of hydrogen-bond acceptors (Lipinski definition) is 8. The lowest BCUT2D eigenvalue weighted by Gasteiger charge is -2.27. The maximum atomic E-state index is 12.7. The van der Waals surface area contributed by atoms with Gasteiger partial charge in [0.05, 0.1) is 12.1 Å². The molecule has 0 aromatic rings. The number of Topliss-reactive ketones (excluding diaryl/α,β-unsaturated/α-hetero) is 1. The van der Waals surface area contributed by atoms with Crippen molar-refractivity contribution in [1.29, 1.82) is 0 Å². The van der Waals surface area contributed by atoms with Gasteiger partial charge in [-0.15, -0.1) is 0 Å². The maximum Gasteiger partial charge on any atom is 0.305 e. The van der Waals surface area contributed by atoms with E-state index in [2.05, 4.69) is 4.74 Å². The van der Waals surface area contributed by atoms with Crippen LogP contribution in [0.2, 0.25) is 0 Å². The van der Waals surface area contributed by atoms with Crippen molar-refractivity contribution in [1.82, 2.24) is 0 Å². The van der Waals surface area contributed by atoms with Crippen LogP contribution in [0.5, 0.6) is 0 Å². The van der Waals surface area contributed by atoms with Crippen molar-refractivity contribution in [2.24, 2.45) is 0 Å². The Hall–Kier alpha value is -2.71. The lowest BCUT2D eigenvalue weighted by Crippen LogP contribution is -2.36. The van der Waals surface area contributed by atoms with E-state index in [0.29, 0.717) is 6.42 Å². The van der Waals surface area contributed by atoms with E-state index in [-0.39, 0.29) is 36.3 Å². The largest absolute Gasteiger partial charge is 0.469 e. The average molecular weight is 497 g/mol. The van der Waals surface area contributed by atoms with Crippen LogP contribution in [-0.4, -0.2) is 53.7 Å². The predicted molar refractivity (Wildman–Crippen MR) is 127 cm³/mol. The highest BCUT2D eigenvalue weighted by Gasteiger charge is 2.42. The molecule has 0 heterocycles. The molecule has 0 bridgehead atoms. The van der Waals surface area contributed by atoms with Gasteiger partial charge >= 0.3 is 17.9 Å². The highest BCUT2D eigenvalue weighted by Crippen LogP contribution is 2.37. The summed E-state index contributed by atoms with van der Waals surface area (Å²) in [6.45, 7) is 4.39. The number of esters is 3. The van der Waals surface area contributed by atoms with Crippen LogP contribution in [0.4, 0.5) is 0 Å². The van der Waals surface area contributed by atoms with E-state index in [0.717, 1.165) is 6.42 Å². The van der Waals surface area contributed by atoms with Crippen LogP contribution in [-0.2, 0) is 33.4 Å². The molecule has 0 spiro atoms. The molecule has 0 aromatic heterocycles. The zero-order valence-electron chi connectivity index (χ0n) is 20.0. The first-order valence-corrected chi connectivity index (χ1v) is 11.5. The van der Waals surface area contributed by atoms with Crippen LogP contribution in [0.3, 0.4) is 0 Å². The summed E-state index contributed by atoms with van der Waals surface area (Å²) in [5.74, 6) is -2.37. The molecule has 3 atom stereocenters. The molecule has 0 aliphatic heterocycles. The summed E-state index contributed by atoms with van der Waals surface area (Å²) >= 11 is 6.04. The number of aliphatic hydroxyl groups is 1. The Bertz CT molecular complexity index is 870. The first-order chi connectivity index (χ1) is 16.0. The quantitative estimate of drug-likeness (QED) is 0.177. The van der Waals surface area contributed by atoms with Crippen molar-refractivity contribution in [2.45, 2.75) is 77.1 Å². The Balaban J connectivity index is 3.23. The van der Waals surface area contributed by atoms with Crippen LogP contribution >= 0.6 is 11.6 Å². The molecule has 0 fully saturated rings. The molecular formula is C25H33ClO8. The molecule has 1 rings (SSSR count). The summed E-state index contributed by atoms with van der Waals surface area (Å²) in [6.07, 6.45) is 10.0. The molecule has 0 aromatic carbocycles. The van der Waals surface area contributed by atoms with Crippen LogP contribution < -0.4 is 0 Å². The van der Waals surface area contributed by atoms with E-state index in [4.69, 9.17) is 21.1 Å². The van der Waals surface area contributed by atoms with Gasteiger partial charge in [-0.05, 0) is 37.8 Å². The minimum Gasteiger partial charge on any atom is -0.469 e. The molecule has 9 heteroatoms. The number of carbonyl (C=O) groups excluding carboxylic acids is 4. The fourth-order valence-electron chi connectivity index (χ4n) is 3.39. The minimum atomic E-state index is -1.72. The van der Waals surface area contributed by atoms with E-state index in [1.165, 1.54) is 33.1 Å². The third kappa shape index (κ3) is 9.65. The van der Waals surface area contributed by atoms with Crippen LogP contribution in [0.15, 0.2) is 47.1 Å². The zero-order valence-corrected chi connectivity index (χ0v) is 20.8. The van der Waals surface area contributed by atoms with E-state index >= 15 is 0 Å². The van der Waals surface area contributed by atoms with Gasteiger partial charge in [0.1, 0.15) is 11.7 Å². The minimum absolute atomic E-state index is 0.0607. The number of allylic oxidation sites excluding steroid dienone is 4. The van der Waals surface area contributed by atoms with Gasteiger partial charge in [-0.3, -0.25) is 19.2 Å². The Morgan fingerprint density at radius 2 is 1.76 bits per heavy atom. The topological polar surface area (TPSA) is 116 Å². The lowest BCUT2D eigenvalue weighted by atomic mass is 9.90. The van der Waals surface area contributed by atoms with E-state index in [1.807, 2.05) is 25.2 Å². The van der Waals surface area contributed by atoms with Crippen molar-refractivity contribution in [3.05, 3.63) is 47.1 Å². The van der Waals surface area contributed by atoms with Gasteiger partial charge in [0.2, 0.25) is 5.78 Å². The fraction of sp³-hybridized carbons (Fsp3) is 0.520. The van der Waals surface area contributed by atoms with E-state index in [9.17, 15) is 24.3 Å². The van der Waals surface area contributed by atoms with Gasteiger partial charge in [-0.2, -0.15) is 0 Å². The van der Waals surface area contributed by atoms with Gasteiger partial charge in [0.25, 0.3) is 0 Å². The predicted octanol–water partition coefficient (Wildman–Crippen LogP) is 3.86. The molecule has 8 nitrogen and oxygen atoms in total. The first kappa shape index (κ1) is 29.3. The molecule has 0 amide bonds. The molecular weight excluding hydrogens is 464 g/mol. The summed E-state index contributed by atoms with van der Waals surface area (Å²) < 4.78 is 15.3. The monoisotopic (exact) mass is 496 g/mol. The number of ketones is 1. The highest BCUT2D eigenvalue weighted by molar-refractivity contribution is 6.46.